The van der Waals surface area contributed by atoms with Crippen LogP contribution < -0.4 is 0 Å². The number of benzene rings is 3. The van der Waals surface area contributed by atoms with E-state index in [1.54, 1.807) is 6.07 Å². The van der Waals surface area contributed by atoms with E-state index in [0.717, 1.165) is 47.9 Å². The van der Waals surface area contributed by atoms with Gasteiger partial charge in [0.15, 0.2) is 0 Å². The van der Waals surface area contributed by atoms with Crippen molar-refractivity contribution >= 4 is 0 Å². The van der Waals surface area contributed by atoms with Gasteiger partial charge in [-0.15, -0.1) is 0 Å². The van der Waals surface area contributed by atoms with Crippen molar-refractivity contribution in [3.05, 3.63) is 105 Å². The number of rotatable bonds is 1. The molecule has 0 N–H and O–H groups in total. The summed E-state index contributed by atoms with van der Waals surface area (Å²) >= 11 is 0. The molecule has 30 heavy (non-hydrogen) atoms. The van der Waals surface area contributed by atoms with E-state index < -0.39 is 0 Å². The van der Waals surface area contributed by atoms with E-state index in [4.69, 9.17) is 0 Å². The van der Waals surface area contributed by atoms with Crippen molar-refractivity contribution < 1.29 is 4.39 Å². The molecular weight excluding hydrogens is 367 g/mol. The quantitative estimate of drug-likeness (QED) is 0.395. The second kappa shape index (κ2) is 9.02. The maximum atomic E-state index is 15.6. The Bertz CT molecular complexity index is 1150. The molecule has 0 aliphatic heterocycles. The molecule has 1 aliphatic rings. The molecule has 0 unspecified atom stereocenters. The first kappa shape index (κ1) is 20.0. The van der Waals surface area contributed by atoms with E-state index in [9.17, 15) is 0 Å². The highest BCUT2D eigenvalue weighted by molar-refractivity contribution is 5.54. The normalized spacial score (nSPS) is 13.3. The van der Waals surface area contributed by atoms with Crippen LogP contribution in [0.15, 0.2) is 60.7 Å². The zero-order valence-electron chi connectivity index (χ0n) is 17.6. The van der Waals surface area contributed by atoms with Gasteiger partial charge < -0.3 is 0 Å². The van der Waals surface area contributed by atoms with Crippen molar-refractivity contribution in [3.63, 3.8) is 0 Å². The summed E-state index contributed by atoms with van der Waals surface area (Å²) in [5, 5.41) is 0. The maximum absolute atomic E-state index is 15.6. The summed E-state index contributed by atoms with van der Waals surface area (Å²) in [6.45, 7) is 4.10. The fourth-order valence-corrected chi connectivity index (χ4v) is 3.96. The van der Waals surface area contributed by atoms with Crippen LogP contribution in [0.25, 0.3) is 0 Å². The molecule has 4 rings (SSSR count). The summed E-state index contributed by atoms with van der Waals surface area (Å²) in [4.78, 5) is 0. The van der Waals surface area contributed by atoms with E-state index in [1.807, 2.05) is 61.5 Å². The van der Waals surface area contributed by atoms with E-state index in [0.29, 0.717) is 5.56 Å². The predicted molar refractivity (Wildman–Crippen MR) is 122 cm³/mol. The third kappa shape index (κ3) is 4.64. The van der Waals surface area contributed by atoms with Crippen LogP contribution in [0.3, 0.4) is 0 Å². The highest BCUT2D eigenvalue weighted by atomic mass is 19.1. The van der Waals surface area contributed by atoms with Gasteiger partial charge in [-0.1, -0.05) is 71.9 Å². The van der Waals surface area contributed by atoms with Gasteiger partial charge in [0, 0.05) is 22.3 Å². The summed E-state index contributed by atoms with van der Waals surface area (Å²) in [5.41, 5.74) is 6.23. The minimum atomic E-state index is -0.197. The van der Waals surface area contributed by atoms with Gasteiger partial charge in [0.05, 0.1) is 5.56 Å². The van der Waals surface area contributed by atoms with E-state index in [-0.39, 0.29) is 11.7 Å². The molecule has 1 aliphatic carbocycles. The van der Waals surface area contributed by atoms with E-state index in [1.165, 1.54) is 11.1 Å². The highest BCUT2D eigenvalue weighted by Gasteiger charge is 2.24. The molecule has 3 aromatic carbocycles. The van der Waals surface area contributed by atoms with Crippen molar-refractivity contribution in [1.29, 1.82) is 0 Å². The first-order valence-electron chi connectivity index (χ1n) is 10.6. The lowest BCUT2D eigenvalue weighted by Crippen LogP contribution is -2.03. The fraction of sp³-hybridized carbons (Fsp3) is 0.241. The van der Waals surface area contributed by atoms with Crippen LogP contribution in [-0.2, 0) is 0 Å². The lowest BCUT2D eigenvalue weighted by Gasteiger charge is -2.14. The summed E-state index contributed by atoms with van der Waals surface area (Å²) in [6.07, 6.45) is 4.33. The zero-order valence-corrected chi connectivity index (χ0v) is 17.6. The molecular formula is C29H25F. The molecule has 3 aromatic rings. The van der Waals surface area contributed by atoms with Gasteiger partial charge in [0.25, 0.3) is 0 Å². The van der Waals surface area contributed by atoms with Crippen molar-refractivity contribution in [2.45, 2.75) is 45.4 Å². The Hall–Kier alpha value is -3.29. The molecule has 0 heterocycles. The molecule has 0 radical (unpaired) electrons. The molecule has 0 spiro atoms. The van der Waals surface area contributed by atoms with Crippen LogP contribution in [0.1, 0.15) is 70.5 Å². The van der Waals surface area contributed by atoms with Gasteiger partial charge in [0.2, 0.25) is 0 Å². The SMILES string of the molecule is Cc1ccc(C#Cc2ccc(C#Cc3ccc(C)cc3)c(C3CCCC3)c2F)cc1. The Morgan fingerprint density at radius 3 is 1.63 bits per heavy atom. The van der Waals surface area contributed by atoms with Gasteiger partial charge >= 0.3 is 0 Å². The lowest BCUT2D eigenvalue weighted by molar-refractivity contribution is 0.576. The number of aryl methyl sites for hydroxylation is 2. The van der Waals surface area contributed by atoms with Crippen LogP contribution >= 0.6 is 0 Å². The van der Waals surface area contributed by atoms with Gasteiger partial charge in [0.1, 0.15) is 5.82 Å². The van der Waals surface area contributed by atoms with Gasteiger partial charge in [-0.05, 0) is 69.0 Å². The molecule has 0 bridgehead atoms. The Balaban J connectivity index is 1.72. The summed E-state index contributed by atoms with van der Waals surface area (Å²) < 4.78 is 15.6. The van der Waals surface area contributed by atoms with Crippen molar-refractivity contribution in [2.75, 3.05) is 0 Å². The minimum absolute atomic E-state index is 0.197. The van der Waals surface area contributed by atoms with Crippen molar-refractivity contribution in [1.82, 2.24) is 0 Å². The highest BCUT2D eigenvalue weighted by Crippen LogP contribution is 2.38. The van der Waals surface area contributed by atoms with Gasteiger partial charge in [-0.25, -0.2) is 4.39 Å². The topological polar surface area (TPSA) is 0 Å². The molecule has 148 valence electrons. The van der Waals surface area contributed by atoms with Crippen molar-refractivity contribution in [3.8, 4) is 23.7 Å². The first-order chi connectivity index (χ1) is 14.6. The Labute approximate surface area is 179 Å². The molecule has 1 fully saturated rings. The molecule has 0 amide bonds. The average molecular weight is 393 g/mol. The lowest BCUT2D eigenvalue weighted by atomic mass is 9.90. The second-order valence-corrected chi connectivity index (χ2v) is 8.10. The number of hydrogen-bond donors (Lipinski definition) is 0. The van der Waals surface area contributed by atoms with Crippen LogP contribution in [0.2, 0.25) is 0 Å². The molecule has 0 nitrogen and oxygen atoms in total. The van der Waals surface area contributed by atoms with E-state index >= 15 is 4.39 Å². The third-order valence-corrected chi connectivity index (χ3v) is 5.73. The van der Waals surface area contributed by atoms with Crippen LogP contribution in [0, 0.1) is 43.3 Å². The van der Waals surface area contributed by atoms with Crippen LogP contribution in [0.5, 0.6) is 0 Å². The Morgan fingerprint density at radius 1 is 0.633 bits per heavy atom. The smallest absolute Gasteiger partial charge is 0.143 e. The Morgan fingerprint density at radius 2 is 1.10 bits per heavy atom. The molecule has 1 saturated carbocycles. The predicted octanol–water partition coefficient (Wildman–Crippen LogP) is 6.90. The van der Waals surface area contributed by atoms with E-state index in [2.05, 4.69) is 30.6 Å². The van der Waals surface area contributed by atoms with Crippen molar-refractivity contribution in [2.24, 2.45) is 0 Å². The Kier molecular flexibility index (Phi) is 6.02. The molecule has 1 heteroatoms. The maximum Gasteiger partial charge on any atom is 0.143 e. The molecule has 0 saturated heterocycles. The fourth-order valence-electron chi connectivity index (χ4n) is 3.96. The number of hydrogen-bond acceptors (Lipinski definition) is 0. The van der Waals surface area contributed by atoms with Gasteiger partial charge in [-0.2, -0.15) is 0 Å². The third-order valence-electron chi connectivity index (χ3n) is 5.73. The van der Waals surface area contributed by atoms with Gasteiger partial charge in [-0.3, -0.25) is 0 Å². The zero-order chi connectivity index (χ0) is 20.9. The summed E-state index contributed by atoms with van der Waals surface area (Å²) in [6, 6.07) is 19.8. The summed E-state index contributed by atoms with van der Waals surface area (Å²) in [5.74, 6) is 12.6. The monoisotopic (exact) mass is 392 g/mol. The van der Waals surface area contributed by atoms with Crippen LogP contribution in [-0.4, -0.2) is 0 Å². The molecule has 0 aromatic heterocycles. The average Bonchev–Trinajstić information content (AvgIpc) is 3.28. The molecule has 0 atom stereocenters. The largest absolute Gasteiger partial charge is 0.205 e. The standard InChI is InChI=1S/C29H25F/c1-21-7-11-23(12-8-21)15-17-26-19-20-27(18-16-24-13-9-22(2)10-14-24)29(30)28(26)25-5-3-4-6-25/h7-14,19-20,25H,3-6H2,1-2H3. The number of halogens is 1. The summed E-state index contributed by atoms with van der Waals surface area (Å²) in [7, 11) is 0. The van der Waals surface area contributed by atoms with Crippen LogP contribution in [0.4, 0.5) is 4.39 Å². The second-order valence-electron chi connectivity index (χ2n) is 8.10. The first-order valence-corrected chi connectivity index (χ1v) is 10.6. The minimum Gasteiger partial charge on any atom is -0.205 e.